The van der Waals surface area contributed by atoms with Crippen molar-refractivity contribution in [2.24, 2.45) is 10.2 Å². The number of amides is 1. The normalized spacial score (nSPS) is 18.6. The minimum atomic E-state index is -0.597. The number of esters is 1. The number of nitrogens with one attached hydrogen (secondary N) is 1. The molecule has 0 bridgehead atoms. The lowest BCUT2D eigenvalue weighted by Crippen LogP contribution is -2.19. The first-order valence-corrected chi connectivity index (χ1v) is 8.50. The molecule has 1 unspecified atom stereocenters. The van der Waals surface area contributed by atoms with E-state index in [-0.39, 0.29) is 11.0 Å². The van der Waals surface area contributed by atoms with Crippen molar-refractivity contribution in [2.45, 2.75) is 26.4 Å². The van der Waals surface area contributed by atoms with E-state index in [1.54, 1.807) is 6.21 Å². The third kappa shape index (κ3) is 5.75. The highest BCUT2D eigenvalue weighted by Crippen LogP contribution is 2.23. The third-order valence-electron chi connectivity index (χ3n) is 3.23. The molecule has 1 N–H and O–H groups in total. The van der Waals surface area contributed by atoms with Crippen LogP contribution in [0.1, 0.15) is 25.8 Å². The lowest BCUT2D eigenvalue weighted by Gasteiger charge is -2.12. The van der Waals surface area contributed by atoms with E-state index >= 15 is 0 Å². The van der Waals surface area contributed by atoms with Gasteiger partial charge in [-0.3, -0.25) is 10.1 Å². The molecule has 1 aliphatic heterocycles. The lowest BCUT2D eigenvalue weighted by atomic mass is 10.2. The molecule has 1 aromatic carbocycles. The second kappa shape index (κ2) is 9.03. The maximum absolute atomic E-state index is 11.7. The zero-order chi connectivity index (χ0) is 18.2. The number of benzene rings is 1. The van der Waals surface area contributed by atoms with Gasteiger partial charge in [0, 0.05) is 6.08 Å². The number of ether oxygens (including phenoxy) is 2. The summed E-state index contributed by atoms with van der Waals surface area (Å²) in [5.74, 6) is -0.244. The number of amidine groups is 1. The van der Waals surface area contributed by atoms with Gasteiger partial charge in [0.05, 0.1) is 24.3 Å². The van der Waals surface area contributed by atoms with E-state index in [0.29, 0.717) is 5.17 Å². The van der Waals surface area contributed by atoms with Crippen LogP contribution in [0.15, 0.2) is 45.4 Å². The van der Waals surface area contributed by atoms with Crippen molar-refractivity contribution >= 4 is 35.0 Å². The van der Waals surface area contributed by atoms with Gasteiger partial charge < -0.3 is 9.47 Å². The van der Waals surface area contributed by atoms with Crippen molar-refractivity contribution in [3.63, 3.8) is 0 Å². The number of nitrogens with zero attached hydrogens (tertiary/aromatic N) is 2. The van der Waals surface area contributed by atoms with Crippen LogP contribution in [0.4, 0.5) is 0 Å². The Balaban J connectivity index is 2.02. The molecule has 8 heteroatoms. The maximum atomic E-state index is 11.7. The Kier molecular flexibility index (Phi) is 6.76. The zero-order valence-corrected chi connectivity index (χ0v) is 15.0. The Morgan fingerprint density at radius 2 is 2.24 bits per heavy atom. The number of rotatable bonds is 6. The van der Waals surface area contributed by atoms with Gasteiger partial charge in [-0.2, -0.15) is 5.10 Å². The largest absolute Gasteiger partial charge is 0.491 e. The van der Waals surface area contributed by atoms with Crippen molar-refractivity contribution < 1.29 is 19.1 Å². The Morgan fingerprint density at radius 1 is 1.44 bits per heavy atom. The fourth-order valence-corrected chi connectivity index (χ4v) is 2.51. The van der Waals surface area contributed by atoms with E-state index in [4.69, 9.17) is 4.74 Å². The average molecular weight is 361 g/mol. The summed E-state index contributed by atoms with van der Waals surface area (Å²) in [5, 5.41) is 10.7. The first-order chi connectivity index (χ1) is 12.0. The topological polar surface area (TPSA) is 89.4 Å². The molecule has 0 aromatic heterocycles. The van der Waals surface area contributed by atoms with Gasteiger partial charge >= 0.3 is 5.97 Å². The number of carbonyl (C=O) groups is 2. The van der Waals surface area contributed by atoms with Gasteiger partial charge in [-0.25, -0.2) is 4.79 Å². The van der Waals surface area contributed by atoms with Crippen LogP contribution in [0.2, 0.25) is 0 Å². The molecule has 0 aliphatic carbocycles. The van der Waals surface area contributed by atoms with E-state index in [0.717, 1.165) is 35.6 Å². The molecule has 1 aliphatic rings. The van der Waals surface area contributed by atoms with Gasteiger partial charge in [-0.15, -0.1) is 5.10 Å². The number of hydrogen-bond donors (Lipinski definition) is 1. The molecule has 132 valence electrons. The molecule has 1 saturated heterocycles. The minimum absolute atomic E-state index is 0.137. The van der Waals surface area contributed by atoms with E-state index in [1.165, 1.54) is 7.11 Å². The molecular formula is C17H19N3O4S. The lowest BCUT2D eigenvalue weighted by molar-refractivity contribution is -0.135. The van der Waals surface area contributed by atoms with Crippen molar-refractivity contribution in [3.05, 3.63) is 40.8 Å². The van der Waals surface area contributed by atoms with E-state index in [2.05, 4.69) is 27.2 Å². The van der Waals surface area contributed by atoms with Gasteiger partial charge in [0.25, 0.3) is 5.91 Å². The summed E-state index contributed by atoms with van der Waals surface area (Å²) in [6.07, 6.45) is 3.73. The van der Waals surface area contributed by atoms with Gasteiger partial charge in [0.1, 0.15) is 5.75 Å². The highest BCUT2D eigenvalue weighted by molar-refractivity contribution is 8.18. The smallest absolute Gasteiger partial charge is 0.331 e. The van der Waals surface area contributed by atoms with E-state index in [1.807, 2.05) is 31.2 Å². The molecule has 0 saturated carbocycles. The minimum Gasteiger partial charge on any atom is -0.491 e. The SMILES string of the molecule is CCC(C)Oc1cccc(C=N/N=C2/NC(=O)/C(=C\C(=O)OC)S2)c1. The Hall–Kier alpha value is -2.61. The van der Waals surface area contributed by atoms with E-state index in [9.17, 15) is 9.59 Å². The fraction of sp³-hybridized carbons (Fsp3) is 0.294. The molecule has 1 heterocycles. The molecule has 1 atom stereocenters. The van der Waals surface area contributed by atoms with Crippen LogP contribution in [0.3, 0.4) is 0 Å². The van der Waals surface area contributed by atoms with Crippen LogP contribution >= 0.6 is 11.8 Å². The molecule has 25 heavy (non-hydrogen) atoms. The van der Waals surface area contributed by atoms with Crippen molar-refractivity contribution in [1.29, 1.82) is 0 Å². The number of methoxy groups -OCH3 is 1. The molecular weight excluding hydrogens is 342 g/mol. The van der Waals surface area contributed by atoms with Crippen molar-refractivity contribution in [2.75, 3.05) is 7.11 Å². The predicted molar refractivity (Wildman–Crippen MR) is 97.7 cm³/mol. The van der Waals surface area contributed by atoms with Crippen LogP contribution in [0.5, 0.6) is 5.75 Å². The zero-order valence-electron chi connectivity index (χ0n) is 14.2. The fourth-order valence-electron chi connectivity index (χ4n) is 1.77. The van der Waals surface area contributed by atoms with Crippen molar-refractivity contribution in [3.8, 4) is 5.75 Å². The summed E-state index contributed by atoms with van der Waals surface area (Å²) in [7, 11) is 1.25. The Morgan fingerprint density at radius 3 is 2.96 bits per heavy atom. The molecule has 2 rings (SSSR count). The number of carbonyl (C=O) groups excluding carboxylic acids is 2. The summed E-state index contributed by atoms with van der Waals surface area (Å²) in [5.41, 5.74) is 0.824. The molecule has 1 aromatic rings. The van der Waals surface area contributed by atoms with Gasteiger partial charge in [-0.1, -0.05) is 19.1 Å². The summed E-state index contributed by atoms with van der Waals surface area (Å²) < 4.78 is 10.2. The van der Waals surface area contributed by atoms with Crippen LogP contribution in [0.25, 0.3) is 0 Å². The molecule has 1 amide bonds. The maximum Gasteiger partial charge on any atom is 0.331 e. The standard InChI is InChI=1S/C17H19N3O4S/c1-4-11(2)24-13-7-5-6-12(8-13)10-18-20-17-19-16(22)14(25-17)9-15(21)23-3/h5-11H,4H2,1-3H3,(H,19,20,22)/b14-9+,18-10?. The second-order valence-electron chi connectivity index (χ2n) is 5.15. The van der Waals surface area contributed by atoms with Crippen LogP contribution in [0, 0.1) is 0 Å². The Labute approximate surface area is 150 Å². The number of thioether (sulfide) groups is 1. The molecule has 0 radical (unpaired) electrons. The van der Waals surface area contributed by atoms with Crippen LogP contribution in [-0.2, 0) is 14.3 Å². The van der Waals surface area contributed by atoms with Gasteiger partial charge in [0.15, 0.2) is 5.17 Å². The Bertz CT molecular complexity index is 743. The summed E-state index contributed by atoms with van der Waals surface area (Å²) in [6.45, 7) is 4.06. The van der Waals surface area contributed by atoms with Crippen molar-refractivity contribution in [1.82, 2.24) is 5.32 Å². The van der Waals surface area contributed by atoms with E-state index < -0.39 is 11.9 Å². The molecule has 7 nitrogen and oxygen atoms in total. The first-order valence-electron chi connectivity index (χ1n) is 7.68. The first kappa shape index (κ1) is 18.7. The highest BCUT2D eigenvalue weighted by Gasteiger charge is 2.24. The molecule has 0 spiro atoms. The highest BCUT2D eigenvalue weighted by atomic mass is 32.2. The second-order valence-corrected chi connectivity index (χ2v) is 6.18. The summed E-state index contributed by atoms with van der Waals surface area (Å²) in [4.78, 5) is 23.1. The summed E-state index contributed by atoms with van der Waals surface area (Å²) in [6, 6.07) is 7.48. The molecule has 1 fully saturated rings. The predicted octanol–water partition coefficient (Wildman–Crippen LogP) is 2.47. The van der Waals surface area contributed by atoms with Crippen LogP contribution in [-0.4, -0.2) is 36.5 Å². The number of hydrogen-bond acceptors (Lipinski definition) is 7. The van der Waals surface area contributed by atoms with Gasteiger partial charge in [-0.05, 0) is 42.8 Å². The third-order valence-corrected chi connectivity index (χ3v) is 4.13. The van der Waals surface area contributed by atoms with Gasteiger partial charge in [0.2, 0.25) is 0 Å². The monoisotopic (exact) mass is 361 g/mol. The quantitative estimate of drug-likeness (QED) is 0.364. The average Bonchev–Trinajstić information content (AvgIpc) is 2.94. The summed E-state index contributed by atoms with van der Waals surface area (Å²) >= 11 is 1.02. The van der Waals surface area contributed by atoms with Crippen LogP contribution < -0.4 is 10.1 Å².